The third-order valence-electron chi connectivity index (χ3n) is 6.48. The number of aromatic nitrogens is 2. The first-order valence-electron chi connectivity index (χ1n) is 11.8. The minimum atomic E-state index is 0.249. The van der Waals surface area contributed by atoms with Crippen LogP contribution in [0.4, 0.5) is 5.69 Å². The molecular formula is C28H28N4O2. The van der Waals surface area contributed by atoms with Crippen LogP contribution in [0.5, 0.6) is 5.75 Å². The fraction of sp³-hybridized carbons (Fsp3) is 0.286. The first-order chi connectivity index (χ1) is 16.7. The van der Waals surface area contributed by atoms with Crippen molar-refractivity contribution in [3.8, 4) is 17.5 Å². The summed E-state index contributed by atoms with van der Waals surface area (Å²) in [5.41, 5.74) is 6.70. The van der Waals surface area contributed by atoms with Crippen LogP contribution in [-0.4, -0.2) is 41.2 Å². The van der Waals surface area contributed by atoms with Gasteiger partial charge in [-0.3, -0.25) is 0 Å². The molecule has 1 fully saturated rings. The van der Waals surface area contributed by atoms with Crippen molar-refractivity contribution in [2.75, 3.05) is 31.2 Å². The summed E-state index contributed by atoms with van der Waals surface area (Å²) in [5, 5.41) is 23.9. The Labute approximate surface area is 199 Å². The lowest BCUT2D eigenvalue weighted by atomic mass is 9.91. The molecule has 1 aromatic heterocycles. The van der Waals surface area contributed by atoms with Crippen molar-refractivity contribution in [3.05, 3.63) is 83.6 Å². The van der Waals surface area contributed by atoms with Crippen LogP contribution in [0.3, 0.4) is 0 Å². The van der Waals surface area contributed by atoms with Gasteiger partial charge >= 0.3 is 0 Å². The van der Waals surface area contributed by atoms with Crippen LogP contribution in [0.1, 0.15) is 29.5 Å². The summed E-state index contributed by atoms with van der Waals surface area (Å²) < 4.78 is 7.27. The Bertz CT molecular complexity index is 1330. The smallest absolute Gasteiger partial charge is 0.117 e. The van der Waals surface area contributed by atoms with E-state index in [0.717, 1.165) is 54.9 Å². The van der Waals surface area contributed by atoms with Gasteiger partial charge in [0.05, 0.1) is 42.2 Å². The van der Waals surface area contributed by atoms with Crippen molar-refractivity contribution in [2.24, 2.45) is 0 Å². The molecule has 1 aliphatic carbocycles. The molecule has 0 amide bonds. The number of rotatable bonds is 2. The first kappa shape index (κ1) is 22.0. The van der Waals surface area contributed by atoms with Crippen molar-refractivity contribution in [1.82, 2.24) is 9.78 Å². The third kappa shape index (κ3) is 4.75. The van der Waals surface area contributed by atoms with Gasteiger partial charge in [0.25, 0.3) is 0 Å². The molecule has 6 rings (SSSR count). The maximum Gasteiger partial charge on any atom is 0.117 e. The number of hydrogen-bond donors (Lipinski definition) is 1. The number of nitrogens with zero attached hydrogens (tertiary/aromatic N) is 4. The zero-order valence-electron chi connectivity index (χ0n) is 19.2. The number of ether oxygens (including phenoxy) is 1. The van der Waals surface area contributed by atoms with Gasteiger partial charge in [-0.05, 0) is 79.3 Å². The highest BCUT2D eigenvalue weighted by molar-refractivity contribution is 5.81. The van der Waals surface area contributed by atoms with Crippen LogP contribution in [-0.2, 0) is 17.6 Å². The molecule has 6 heteroatoms. The predicted octanol–water partition coefficient (Wildman–Crippen LogP) is 5.00. The molecule has 4 aromatic rings. The lowest BCUT2D eigenvalue weighted by Gasteiger charge is -2.29. The van der Waals surface area contributed by atoms with Gasteiger partial charge in [-0.1, -0.05) is 12.1 Å². The molecule has 34 heavy (non-hydrogen) atoms. The first-order valence-corrected chi connectivity index (χ1v) is 11.8. The fourth-order valence-corrected chi connectivity index (χ4v) is 4.66. The second-order valence-electron chi connectivity index (χ2n) is 8.72. The van der Waals surface area contributed by atoms with Crippen LogP contribution in [0.25, 0.3) is 16.6 Å². The highest BCUT2D eigenvalue weighted by Crippen LogP contribution is 2.25. The molecule has 2 aliphatic rings. The van der Waals surface area contributed by atoms with Crippen LogP contribution >= 0.6 is 0 Å². The van der Waals surface area contributed by atoms with Crippen molar-refractivity contribution in [2.45, 2.75) is 25.7 Å². The van der Waals surface area contributed by atoms with E-state index in [1.807, 2.05) is 41.2 Å². The number of aryl methyl sites for hydroxylation is 2. The van der Waals surface area contributed by atoms with E-state index in [0.29, 0.717) is 0 Å². The number of nitriles is 1. The second-order valence-corrected chi connectivity index (χ2v) is 8.72. The molecule has 1 N–H and O–H groups in total. The van der Waals surface area contributed by atoms with Gasteiger partial charge in [0, 0.05) is 30.2 Å². The largest absolute Gasteiger partial charge is 0.508 e. The van der Waals surface area contributed by atoms with E-state index in [9.17, 15) is 5.11 Å². The van der Waals surface area contributed by atoms with Gasteiger partial charge in [0.15, 0.2) is 0 Å². The lowest BCUT2D eigenvalue weighted by molar-refractivity contribution is 0.122. The van der Waals surface area contributed by atoms with E-state index in [4.69, 9.17) is 10.00 Å². The van der Waals surface area contributed by atoms with Crippen molar-refractivity contribution in [3.63, 3.8) is 0 Å². The van der Waals surface area contributed by atoms with Crippen LogP contribution in [0, 0.1) is 11.3 Å². The predicted molar refractivity (Wildman–Crippen MR) is 134 cm³/mol. The molecule has 6 nitrogen and oxygen atoms in total. The molecule has 0 saturated carbocycles. The topological polar surface area (TPSA) is 74.3 Å². The molecule has 0 unspecified atom stereocenters. The van der Waals surface area contributed by atoms with Gasteiger partial charge in [0.2, 0.25) is 0 Å². The van der Waals surface area contributed by atoms with Gasteiger partial charge in [0.1, 0.15) is 5.75 Å². The van der Waals surface area contributed by atoms with E-state index in [2.05, 4.69) is 34.3 Å². The summed E-state index contributed by atoms with van der Waals surface area (Å²) in [5.74, 6) is 0.249. The summed E-state index contributed by atoms with van der Waals surface area (Å²) in [6.07, 6.45) is 6.75. The molecule has 3 aromatic carbocycles. The number of phenolic OH excluding ortho intramolecular Hbond substituents is 1. The summed E-state index contributed by atoms with van der Waals surface area (Å²) in [6, 6.07) is 21.8. The van der Waals surface area contributed by atoms with E-state index in [-0.39, 0.29) is 5.75 Å². The number of aromatic hydroxyl groups is 1. The monoisotopic (exact) mass is 452 g/mol. The van der Waals surface area contributed by atoms with E-state index in [1.165, 1.54) is 36.1 Å². The Balaban J connectivity index is 0.000000169. The Hall–Kier alpha value is -3.82. The minimum absolute atomic E-state index is 0.249. The molecule has 0 atom stereocenters. The van der Waals surface area contributed by atoms with Gasteiger partial charge in [-0.25, -0.2) is 4.68 Å². The summed E-state index contributed by atoms with van der Waals surface area (Å²) in [4.78, 5) is 2.32. The van der Waals surface area contributed by atoms with E-state index >= 15 is 0 Å². The second kappa shape index (κ2) is 9.98. The molecule has 1 saturated heterocycles. The Kier molecular flexibility index (Phi) is 6.46. The van der Waals surface area contributed by atoms with Crippen LogP contribution in [0.2, 0.25) is 0 Å². The quantitative estimate of drug-likeness (QED) is 0.463. The van der Waals surface area contributed by atoms with Gasteiger partial charge in [-0.15, -0.1) is 0 Å². The molecule has 1 aliphatic heterocycles. The Morgan fingerprint density at radius 1 is 0.882 bits per heavy atom. The number of morpholine rings is 1. The third-order valence-corrected chi connectivity index (χ3v) is 6.48. The molecule has 0 spiro atoms. The SMILES string of the molecule is N#Cc1ccc2c(c1)CCCC2.Oc1ccc2cnn(-c3cccc(N4CCOCC4)c3)c2c1. The standard InChI is InChI=1S/C17H17N3O2.C11H11N/c21-16-5-4-13-12-18-20(17(13)11-16)15-3-1-2-14(10-15)19-6-8-22-9-7-19;12-8-9-5-6-10-3-1-2-4-11(10)7-9/h1-5,10-12,21H,6-9H2;5-7H,1-4H2. The van der Waals surface area contributed by atoms with Crippen LogP contribution < -0.4 is 4.90 Å². The number of phenols is 1. The minimum Gasteiger partial charge on any atom is -0.508 e. The number of hydrogen-bond acceptors (Lipinski definition) is 5. The Morgan fingerprint density at radius 3 is 2.50 bits per heavy atom. The van der Waals surface area contributed by atoms with Crippen molar-refractivity contribution < 1.29 is 9.84 Å². The molecule has 172 valence electrons. The molecule has 2 heterocycles. The van der Waals surface area contributed by atoms with Gasteiger partial charge < -0.3 is 14.7 Å². The highest BCUT2D eigenvalue weighted by atomic mass is 16.5. The maximum absolute atomic E-state index is 9.72. The number of benzene rings is 3. The molecule has 0 radical (unpaired) electrons. The van der Waals surface area contributed by atoms with E-state index < -0.39 is 0 Å². The van der Waals surface area contributed by atoms with Crippen molar-refractivity contribution >= 4 is 16.6 Å². The fourth-order valence-electron chi connectivity index (χ4n) is 4.66. The Morgan fingerprint density at radius 2 is 1.68 bits per heavy atom. The van der Waals surface area contributed by atoms with E-state index in [1.54, 1.807) is 12.1 Å². The zero-order chi connectivity index (χ0) is 23.3. The summed E-state index contributed by atoms with van der Waals surface area (Å²) in [7, 11) is 0. The summed E-state index contributed by atoms with van der Waals surface area (Å²) >= 11 is 0. The molecular weight excluding hydrogens is 424 g/mol. The number of anilines is 1. The van der Waals surface area contributed by atoms with Crippen LogP contribution in [0.15, 0.2) is 66.9 Å². The van der Waals surface area contributed by atoms with Gasteiger partial charge in [-0.2, -0.15) is 10.4 Å². The highest BCUT2D eigenvalue weighted by Gasteiger charge is 2.13. The number of fused-ring (bicyclic) bond motifs is 2. The summed E-state index contributed by atoms with van der Waals surface area (Å²) in [6.45, 7) is 3.35. The average Bonchev–Trinajstić information content (AvgIpc) is 3.32. The lowest BCUT2D eigenvalue weighted by Crippen LogP contribution is -2.36. The molecule has 0 bridgehead atoms. The maximum atomic E-state index is 9.72. The van der Waals surface area contributed by atoms with Crippen molar-refractivity contribution in [1.29, 1.82) is 5.26 Å². The normalized spacial score (nSPS) is 15.2. The zero-order valence-corrected chi connectivity index (χ0v) is 19.2. The average molecular weight is 453 g/mol.